The van der Waals surface area contributed by atoms with Crippen molar-refractivity contribution < 1.29 is 22.3 Å². The van der Waals surface area contributed by atoms with Crippen LogP contribution in [0.5, 0.6) is 5.75 Å². The van der Waals surface area contributed by atoms with Crippen LogP contribution in [-0.4, -0.2) is 38.8 Å². The summed E-state index contributed by atoms with van der Waals surface area (Å²) in [5.74, 6) is -0.848. The van der Waals surface area contributed by atoms with Gasteiger partial charge in [-0.15, -0.1) is 0 Å². The van der Waals surface area contributed by atoms with E-state index >= 15 is 0 Å². The Morgan fingerprint density at radius 3 is 2.46 bits per heavy atom. The number of hydrogen-bond donors (Lipinski definition) is 1. The third kappa shape index (κ3) is 5.97. The van der Waals surface area contributed by atoms with Gasteiger partial charge in [-0.1, -0.05) is 41.9 Å². The molecule has 0 aliphatic carbocycles. The molecule has 11 heteroatoms. The van der Waals surface area contributed by atoms with E-state index in [-0.39, 0.29) is 27.2 Å². The number of hydrogen-bond acceptors (Lipinski definition) is 5. The number of nitrogens with zero attached hydrogens (tertiary/aromatic N) is 3. The van der Waals surface area contributed by atoms with E-state index in [9.17, 15) is 17.6 Å². The highest BCUT2D eigenvalue weighted by molar-refractivity contribution is 7.92. The van der Waals surface area contributed by atoms with Crippen molar-refractivity contribution in [2.24, 2.45) is 5.10 Å². The normalized spacial score (nSPS) is 11.5. The minimum atomic E-state index is -4.18. The molecule has 0 aliphatic rings. The summed E-state index contributed by atoms with van der Waals surface area (Å²) in [4.78, 5) is 12.9. The SMILES string of the molecule is COc1ccc(Cl)cc1N(CC(=O)N/N=C\c1cc(C)n(-c2ccccc2F)c1C)S(=O)(=O)c1ccccc1. The maximum Gasteiger partial charge on any atom is 0.264 e. The summed E-state index contributed by atoms with van der Waals surface area (Å²) in [6.45, 7) is 3.04. The highest BCUT2D eigenvalue weighted by Gasteiger charge is 2.29. The van der Waals surface area contributed by atoms with Gasteiger partial charge in [-0.2, -0.15) is 5.10 Å². The number of carbonyl (C=O) groups is 1. The minimum Gasteiger partial charge on any atom is -0.495 e. The quantitative estimate of drug-likeness (QED) is 0.221. The number of ether oxygens (including phenoxy) is 1. The van der Waals surface area contributed by atoms with Crippen LogP contribution in [0.15, 0.2) is 88.9 Å². The van der Waals surface area contributed by atoms with Crippen molar-refractivity contribution >= 4 is 39.4 Å². The van der Waals surface area contributed by atoms with E-state index in [4.69, 9.17) is 16.3 Å². The summed E-state index contributed by atoms with van der Waals surface area (Å²) in [6, 6.07) is 20.4. The summed E-state index contributed by atoms with van der Waals surface area (Å²) >= 11 is 6.16. The molecule has 4 rings (SSSR count). The van der Waals surface area contributed by atoms with E-state index in [0.29, 0.717) is 16.9 Å². The molecule has 0 spiro atoms. The second-order valence-corrected chi connectivity index (χ2v) is 10.8. The molecule has 1 heterocycles. The van der Waals surface area contributed by atoms with Crippen molar-refractivity contribution in [1.29, 1.82) is 0 Å². The number of nitrogens with one attached hydrogen (secondary N) is 1. The molecule has 0 saturated carbocycles. The Balaban J connectivity index is 1.60. The van der Waals surface area contributed by atoms with Crippen LogP contribution in [0.1, 0.15) is 17.0 Å². The number of methoxy groups -OCH3 is 1. The summed E-state index contributed by atoms with van der Waals surface area (Å²) in [6.07, 6.45) is 1.42. The van der Waals surface area contributed by atoms with E-state index in [1.807, 2.05) is 13.8 Å². The Hall–Kier alpha value is -4.15. The summed E-state index contributed by atoms with van der Waals surface area (Å²) in [7, 11) is -2.79. The van der Waals surface area contributed by atoms with Gasteiger partial charge < -0.3 is 9.30 Å². The zero-order chi connectivity index (χ0) is 28.2. The molecule has 0 radical (unpaired) electrons. The Kier molecular flexibility index (Phi) is 8.37. The molecular weight excluding hydrogens is 543 g/mol. The van der Waals surface area contributed by atoms with Crippen molar-refractivity contribution in [3.8, 4) is 11.4 Å². The first-order valence-electron chi connectivity index (χ1n) is 11.8. The smallest absolute Gasteiger partial charge is 0.264 e. The minimum absolute atomic E-state index is 0.0103. The number of hydrazone groups is 1. The lowest BCUT2D eigenvalue weighted by Gasteiger charge is -2.25. The van der Waals surface area contributed by atoms with Gasteiger partial charge in [0.2, 0.25) is 0 Å². The fourth-order valence-electron chi connectivity index (χ4n) is 4.14. The molecule has 0 fully saturated rings. The topological polar surface area (TPSA) is 93.0 Å². The van der Waals surface area contributed by atoms with Crippen molar-refractivity contribution in [2.75, 3.05) is 18.0 Å². The zero-order valence-electron chi connectivity index (χ0n) is 21.4. The first-order valence-corrected chi connectivity index (χ1v) is 13.6. The van der Waals surface area contributed by atoms with E-state index in [0.717, 1.165) is 10.00 Å². The third-order valence-corrected chi connectivity index (χ3v) is 7.99. The zero-order valence-corrected chi connectivity index (χ0v) is 23.0. The van der Waals surface area contributed by atoms with Gasteiger partial charge in [-0.05, 0) is 62.4 Å². The summed E-state index contributed by atoms with van der Waals surface area (Å²) in [5.41, 5.74) is 5.02. The van der Waals surface area contributed by atoms with Crippen molar-refractivity contribution in [3.05, 3.63) is 107 Å². The van der Waals surface area contributed by atoms with Crippen LogP contribution in [0.3, 0.4) is 0 Å². The predicted octanol–water partition coefficient (Wildman–Crippen LogP) is 5.24. The van der Waals surface area contributed by atoms with Crippen LogP contribution in [0.2, 0.25) is 5.02 Å². The monoisotopic (exact) mass is 568 g/mol. The number of carbonyl (C=O) groups excluding carboxylic acids is 1. The standard InChI is InChI=1S/C28H26ClFN4O4S/c1-19-15-21(20(2)34(19)25-12-8-7-11-24(25)30)17-31-32-28(35)18-33(26-16-22(29)13-14-27(26)38-3)39(36,37)23-9-5-4-6-10-23/h4-17H,18H2,1-3H3,(H,32,35)/b31-17-. The fourth-order valence-corrected chi connectivity index (χ4v) is 5.75. The molecule has 1 amide bonds. The number of sulfonamides is 1. The maximum atomic E-state index is 14.4. The Labute approximate surface area is 231 Å². The van der Waals surface area contributed by atoms with Gasteiger partial charge in [0.1, 0.15) is 18.1 Å². The molecule has 0 aliphatic heterocycles. The van der Waals surface area contributed by atoms with Gasteiger partial charge in [-0.3, -0.25) is 9.10 Å². The Bertz CT molecular complexity index is 1640. The van der Waals surface area contributed by atoms with E-state index in [1.54, 1.807) is 53.1 Å². The van der Waals surface area contributed by atoms with Gasteiger partial charge >= 0.3 is 0 Å². The van der Waals surface area contributed by atoms with Crippen molar-refractivity contribution in [3.63, 3.8) is 0 Å². The number of amides is 1. The lowest BCUT2D eigenvalue weighted by Crippen LogP contribution is -2.39. The van der Waals surface area contributed by atoms with E-state index < -0.39 is 22.5 Å². The average Bonchev–Trinajstić information content (AvgIpc) is 3.20. The van der Waals surface area contributed by atoms with Gasteiger partial charge in [0, 0.05) is 22.0 Å². The van der Waals surface area contributed by atoms with E-state index in [1.165, 1.54) is 43.7 Å². The Morgan fingerprint density at radius 2 is 1.77 bits per heavy atom. The van der Waals surface area contributed by atoms with Gasteiger partial charge in [0.05, 0.1) is 29.6 Å². The van der Waals surface area contributed by atoms with Crippen LogP contribution in [0, 0.1) is 19.7 Å². The van der Waals surface area contributed by atoms with Crippen LogP contribution in [-0.2, 0) is 14.8 Å². The highest BCUT2D eigenvalue weighted by atomic mass is 35.5. The number of aromatic nitrogens is 1. The van der Waals surface area contributed by atoms with Crippen LogP contribution in [0.4, 0.5) is 10.1 Å². The average molecular weight is 569 g/mol. The molecule has 0 bridgehead atoms. The van der Waals surface area contributed by atoms with Gasteiger partial charge in [0.25, 0.3) is 15.9 Å². The highest BCUT2D eigenvalue weighted by Crippen LogP contribution is 2.34. The molecule has 39 heavy (non-hydrogen) atoms. The number of anilines is 1. The fraction of sp³-hybridized carbons (Fsp3) is 0.143. The third-order valence-electron chi connectivity index (χ3n) is 5.98. The summed E-state index contributed by atoms with van der Waals surface area (Å²) in [5, 5.41) is 4.29. The Morgan fingerprint density at radius 1 is 1.08 bits per heavy atom. The molecule has 0 atom stereocenters. The number of aryl methyl sites for hydroxylation is 1. The van der Waals surface area contributed by atoms with Crippen LogP contribution in [0.25, 0.3) is 5.69 Å². The number of para-hydroxylation sites is 1. The number of benzene rings is 3. The largest absolute Gasteiger partial charge is 0.495 e. The van der Waals surface area contributed by atoms with Crippen molar-refractivity contribution in [1.82, 2.24) is 9.99 Å². The molecule has 1 aromatic heterocycles. The van der Waals surface area contributed by atoms with Crippen LogP contribution >= 0.6 is 11.6 Å². The molecule has 8 nitrogen and oxygen atoms in total. The lowest BCUT2D eigenvalue weighted by molar-refractivity contribution is -0.119. The molecule has 0 saturated heterocycles. The molecule has 4 aromatic rings. The second kappa shape index (κ2) is 11.7. The molecular formula is C28H26ClFN4O4S. The predicted molar refractivity (Wildman–Crippen MR) is 150 cm³/mol. The summed E-state index contributed by atoms with van der Waals surface area (Å²) < 4.78 is 49.5. The second-order valence-electron chi connectivity index (χ2n) is 8.55. The van der Waals surface area contributed by atoms with Gasteiger partial charge in [0.15, 0.2) is 0 Å². The molecule has 0 unspecified atom stereocenters. The lowest BCUT2D eigenvalue weighted by atomic mass is 10.2. The molecule has 1 N–H and O–H groups in total. The van der Waals surface area contributed by atoms with Crippen molar-refractivity contribution in [2.45, 2.75) is 18.7 Å². The molecule has 3 aromatic carbocycles. The van der Waals surface area contributed by atoms with E-state index in [2.05, 4.69) is 10.5 Å². The maximum absolute atomic E-state index is 14.4. The first-order chi connectivity index (χ1) is 18.6. The number of rotatable bonds is 9. The molecule has 202 valence electrons. The van der Waals surface area contributed by atoms with Gasteiger partial charge in [-0.25, -0.2) is 18.2 Å². The first kappa shape index (κ1) is 27.9. The number of halogens is 2. The van der Waals surface area contributed by atoms with Crippen LogP contribution < -0.4 is 14.5 Å².